The monoisotopic (exact) mass is 496 g/mol. The molecule has 0 atom stereocenters. The predicted octanol–water partition coefficient (Wildman–Crippen LogP) is 9.68. The number of nitrogens with two attached hydrogens (primary N) is 2. The Kier molecular flexibility index (Phi) is 5.26. The summed E-state index contributed by atoms with van der Waals surface area (Å²) in [6.45, 7) is 13.5. The first-order chi connectivity index (χ1) is 17.9. The summed E-state index contributed by atoms with van der Waals surface area (Å²) in [4.78, 5) is 0. The molecule has 0 saturated heterocycles. The first kappa shape index (κ1) is 24.3. The van der Waals surface area contributed by atoms with Crippen LogP contribution in [0.15, 0.2) is 84.9 Å². The minimum atomic E-state index is 0.0864. The van der Waals surface area contributed by atoms with Crippen LogP contribution in [-0.4, -0.2) is 0 Å². The zero-order valence-corrected chi connectivity index (χ0v) is 23.2. The molecule has 6 aromatic rings. The van der Waals surface area contributed by atoms with Crippen molar-refractivity contribution in [3.05, 3.63) is 96.1 Å². The molecular formula is C36H36N2. The number of benzene rings is 6. The zero-order chi connectivity index (χ0) is 27.0. The van der Waals surface area contributed by atoms with Gasteiger partial charge in [-0.25, -0.2) is 0 Å². The van der Waals surface area contributed by atoms with Gasteiger partial charge < -0.3 is 11.5 Å². The van der Waals surface area contributed by atoms with Crippen molar-refractivity contribution in [1.29, 1.82) is 0 Å². The summed E-state index contributed by atoms with van der Waals surface area (Å²) < 4.78 is 0. The quantitative estimate of drug-likeness (QED) is 0.185. The molecule has 0 heterocycles. The van der Waals surface area contributed by atoms with Crippen LogP contribution in [-0.2, 0) is 10.8 Å². The summed E-state index contributed by atoms with van der Waals surface area (Å²) in [6, 6.07) is 30.8. The molecule has 6 aromatic carbocycles. The van der Waals surface area contributed by atoms with Gasteiger partial charge in [-0.1, -0.05) is 120 Å². The Morgan fingerprint density at radius 1 is 0.447 bits per heavy atom. The van der Waals surface area contributed by atoms with Gasteiger partial charge in [-0.3, -0.25) is 0 Å². The molecule has 0 aliphatic heterocycles. The molecule has 0 unspecified atom stereocenters. The summed E-state index contributed by atoms with van der Waals surface area (Å²) in [6.07, 6.45) is 0. The molecule has 6 rings (SSSR count). The van der Waals surface area contributed by atoms with Crippen molar-refractivity contribution >= 4 is 43.7 Å². The molecule has 0 fully saturated rings. The number of rotatable bonds is 2. The highest BCUT2D eigenvalue weighted by molar-refractivity contribution is 6.31. The molecule has 0 bridgehead atoms. The fourth-order valence-electron chi connectivity index (χ4n) is 5.88. The van der Waals surface area contributed by atoms with E-state index in [2.05, 4.69) is 120 Å². The lowest BCUT2D eigenvalue weighted by molar-refractivity contribution is 0.590. The molecule has 0 aromatic heterocycles. The number of hydrogen-bond donors (Lipinski definition) is 2. The molecule has 0 spiro atoms. The van der Waals surface area contributed by atoms with Crippen molar-refractivity contribution in [3.8, 4) is 22.3 Å². The van der Waals surface area contributed by atoms with Crippen LogP contribution in [0.25, 0.3) is 54.6 Å². The van der Waals surface area contributed by atoms with Crippen molar-refractivity contribution in [1.82, 2.24) is 0 Å². The topological polar surface area (TPSA) is 52.0 Å². The van der Waals surface area contributed by atoms with Crippen LogP contribution in [0.3, 0.4) is 0 Å². The summed E-state index contributed by atoms with van der Waals surface area (Å²) >= 11 is 0. The highest BCUT2D eigenvalue weighted by Crippen LogP contribution is 2.49. The smallest absolute Gasteiger partial charge is 0.0480 e. The van der Waals surface area contributed by atoms with Gasteiger partial charge in [0.15, 0.2) is 0 Å². The third-order valence-corrected chi connectivity index (χ3v) is 8.10. The van der Waals surface area contributed by atoms with Gasteiger partial charge in [-0.05, 0) is 60.9 Å². The molecular weight excluding hydrogens is 460 g/mol. The molecule has 0 saturated carbocycles. The van der Waals surface area contributed by atoms with E-state index in [9.17, 15) is 0 Å². The Balaban J connectivity index is 1.74. The molecule has 2 heteroatoms. The van der Waals surface area contributed by atoms with Gasteiger partial charge in [0.2, 0.25) is 0 Å². The zero-order valence-electron chi connectivity index (χ0n) is 23.2. The highest BCUT2D eigenvalue weighted by Gasteiger charge is 2.23. The minimum absolute atomic E-state index is 0.0864. The Bertz CT molecular complexity index is 1810. The maximum atomic E-state index is 7.13. The molecule has 4 N–H and O–H groups in total. The second-order valence-electron chi connectivity index (χ2n) is 12.7. The second-order valence-corrected chi connectivity index (χ2v) is 12.7. The normalized spacial score (nSPS) is 12.7. The van der Waals surface area contributed by atoms with E-state index in [1.807, 2.05) is 6.07 Å². The summed E-state index contributed by atoms with van der Waals surface area (Å²) in [5, 5.41) is 6.92. The van der Waals surface area contributed by atoms with Crippen molar-refractivity contribution in [2.45, 2.75) is 52.4 Å². The van der Waals surface area contributed by atoms with Crippen molar-refractivity contribution in [3.63, 3.8) is 0 Å². The Labute approximate surface area is 225 Å². The van der Waals surface area contributed by atoms with Gasteiger partial charge in [0.05, 0.1) is 0 Å². The van der Waals surface area contributed by atoms with Crippen LogP contribution in [0.2, 0.25) is 0 Å². The first-order valence-corrected chi connectivity index (χ1v) is 13.5. The van der Waals surface area contributed by atoms with E-state index in [0.29, 0.717) is 0 Å². The van der Waals surface area contributed by atoms with Gasteiger partial charge in [0, 0.05) is 33.1 Å². The summed E-state index contributed by atoms with van der Waals surface area (Å²) in [5.41, 5.74) is 22.6. The predicted molar refractivity (Wildman–Crippen MR) is 167 cm³/mol. The molecule has 0 aliphatic carbocycles. The molecule has 2 nitrogen and oxygen atoms in total. The Morgan fingerprint density at radius 2 is 0.921 bits per heavy atom. The molecule has 0 amide bonds. The van der Waals surface area contributed by atoms with E-state index < -0.39 is 0 Å². The SMILES string of the molecule is CC(C)(C)c1ccc(-c2c(N)c3ccc4ccc(N)c5ccc(c2-c2ccc(C(C)(C)C)cc2)c3c45)cc1. The van der Waals surface area contributed by atoms with Crippen LogP contribution in [0.1, 0.15) is 52.7 Å². The lowest BCUT2D eigenvalue weighted by atomic mass is 9.81. The maximum Gasteiger partial charge on any atom is 0.0480 e. The van der Waals surface area contributed by atoms with E-state index in [4.69, 9.17) is 11.5 Å². The van der Waals surface area contributed by atoms with Crippen molar-refractivity contribution < 1.29 is 0 Å². The largest absolute Gasteiger partial charge is 0.398 e. The standard InChI is InChI=1S/C36H36N2/c1-35(2,3)24-13-7-21(8-14-24)31-27-19-18-26-29(37)20-12-22-11-17-28(33(27)30(22)26)34(38)32(31)23-9-15-25(16-10-23)36(4,5)6/h7-20H,37-38H2,1-6H3. The van der Waals surface area contributed by atoms with Gasteiger partial charge in [0.25, 0.3) is 0 Å². The minimum Gasteiger partial charge on any atom is -0.398 e. The summed E-state index contributed by atoms with van der Waals surface area (Å²) in [7, 11) is 0. The van der Waals surface area contributed by atoms with Crippen molar-refractivity contribution in [2.24, 2.45) is 0 Å². The lowest BCUT2D eigenvalue weighted by Crippen LogP contribution is -2.10. The Morgan fingerprint density at radius 3 is 1.47 bits per heavy atom. The van der Waals surface area contributed by atoms with Gasteiger partial charge in [-0.2, -0.15) is 0 Å². The van der Waals surface area contributed by atoms with E-state index in [1.54, 1.807) is 0 Å². The fraction of sp³-hybridized carbons (Fsp3) is 0.222. The van der Waals surface area contributed by atoms with E-state index in [1.165, 1.54) is 43.8 Å². The molecule has 190 valence electrons. The first-order valence-electron chi connectivity index (χ1n) is 13.5. The van der Waals surface area contributed by atoms with Gasteiger partial charge in [0.1, 0.15) is 0 Å². The van der Waals surface area contributed by atoms with Gasteiger partial charge >= 0.3 is 0 Å². The fourth-order valence-corrected chi connectivity index (χ4v) is 5.88. The molecule has 0 radical (unpaired) electrons. The number of hydrogen-bond acceptors (Lipinski definition) is 2. The maximum absolute atomic E-state index is 7.13. The third kappa shape index (κ3) is 3.70. The number of anilines is 2. The second kappa shape index (κ2) is 8.23. The molecule has 0 aliphatic rings. The van der Waals surface area contributed by atoms with Crippen LogP contribution in [0, 0.1) is 0 Å². The van der Waals surface area contributed by atoms with Crippen LogP contribution < -0.4 is 11.5 Å². The number of nitrogen functional groups attached to an aromatic ring is 2. The van der Waals surface area contributed by atoms with Crippen LogP contribution >= 0.6 is 0 Å². The Hall–Kier alpha value is -4.04. The van der Waals surface area contributed by atoms with Crippen LogP contribution in [0.5, 0.6) is 0 Å². The van der Waals surface area contributed by atoms with E-state index in [-0.39, 0.29) is 10.8 Å². The van der Waals surface area contributed by atoms with E-state index >= 15 is 0 Å². The highest BCUT2D eigenvalue weighted by atomic mass is 14.6. The summed E-state index contributed by atoms with van der Waals surface area (Å²) in [5.74, 6) is 0. The lowest BCUT2D eigenvalue weighted by Gasteiger charge is -2.24. The average Bonchev–Trinajstić information content (AvgIpc) is 2.88. The van der Waals surface area contributed by atoms with E-state index in [0.717, 1.165) is 33.3 Å². The molecule has 38 heavy (non-hydrogen) atoms. The van der Waals surface area contributed by atoms with Crippen molar-refractivity contribution in [2.75, 3.05) is 11.5 Å². The van der Waals surface area contributed by atoms with Gasteiger partial charge in [-0.15, -0.1) is 0 Å². The third-order valence-electron chi connectivity index (χ3n) is 8.10. The average molecular weight is 497 g/mol. The van der Waals surface area contributed by atoms with Crippen LogP contribution in [0.4, 0.5) is 11.4 Å².